The van der Waals surface area contributed by atoms with Crippen molar-refractivity contribution < 1.29 is 34.2 Å². The largest absolute Gasteiger partial charge is 0.480 e. The molecular weight excluding hydrogens is 452 g/mol. The Balaban J connectivity index is 5.53. The third-order valence-electron chi connectivity index (χ3n) is 4.47. The number of carbonyl (C=O) groups is 5. The van der Waals surface area contributed by atoms with Gasteiger partial charge in [0.05, 0.1) is 19.1 Å². The normalized spacial score (nSPS) is 14.3. The zero-order valence-corrected chi connectivity index (χ0v) is 19.3. The minimum atomic E-state index is -1.58. The number of carboxylic acids is 1. The van der Waals surface area contributed by atoms with E-state index in [0.29, 0.717) is 0 Å². The maximum Gasteiger partial charge on any atom is 0.328 e. The minimum Gasteiger partial charge on any atom is -0.480 e. The summed E-state index contributed by atoms with van der Waals surface area (Å²) < 4.78 is 0. The average Bonchev–Trinajstić information content (AvgIpc) is 2.71. The molecule has 0 spiro atoms. The second-order valence-electron chi connectivity index (χ2n) is 8.06. The van der Waals surface area contributed by atoms with E-state index in [1.165, 1.54) is 0 Å². The highest BCUT2D eigenvalue weighted by atomic mass is 16.4. The maximum absolute atomic E-state index is 12.9. The molecule has 0 saturated heterocycles. The number of rotatable bonds is 16. The Morgan fingerprint density at radius 3 is 1.88 bits per heavy atom. The number of aliphatic hydroxyl groups is 1. The number of carbonyl (C=O) groups excluding carboxylic acids is 4. The molecule has 4 unspecified atom stereocenters. The van der Waals surface area contributed by atoms with Crippen LogP contribution in [-0.4, -0.2) is 83.1 Å². The highest BCUT2D eigenvalue weighted by Gasteiger charge is 2.30. The summed E-state index contributed by atoms with van der Waals surface area (Å²) in [5.74, 6) is -4.84. The molecule has 34 heavy (non-hydrogen) atoms. The van der Waals surface area contributed by atoms with E-state index in [-0.39, 0.29) is 37.7 Å². The number of hydrogen-bond acceptors (Lipinski definition) is 8. The van der Waals surface area contributed by atoms with Gasteiger partial charge in [0.15, 0.2) is 5.96 Å². The van der Waals surface area contributed by atoms with Gasteiger partial charge in [0.25, 0.3) is 0 Å². The molecule has 0 bridgehead atoms. The summed E-state index contributed by atoms with van der Waals surface area (Å²) >= 11 is 0. The molecule has 0 aromatic heterocycles. The van der Waals surface area contributed by atoms with Gasteiger partial charge >= 0.3 is 5.97 Å². The standard InChI is InChI=1S/C19H36N8O7/c1-9(2)6-12(26-15(30)10(20)7-14(21)29)17(32)25-11(4-3-5-24-19(22)23)16(31)27-13(8-28)18(33)34/h9-13,28H,3-8,20H2,1-2H3,(H2,21,29)(H,25,32)(H,26,30)(H,27,31)(H,33,34)(H4,22,23,24). The van der Waals surface area contributed by atoms with E-state index >= 15 is 0 Å². The SMILES string of the molecule is CC(C)CC(NC(=O)C(N)CC(N)=O)C(=O)NC(CCCN=C(N)N)C(=O)NC(CO)C(=O)O. The predicted molar refractivity (Wildman–Crippen MR) is 122 cm³/mol. The molecule has 4 amide bonds. The van der Waals surface area contributed by atoms with Gasteiger partial charge in [0, 0.05) is 6.54 Å². The van der Waals surface area contributed by atoms with E-state index < -0.39 is 66.8 Å². The zero-order valence-electron chi connectivity index (χ0n) is 19.3. The van der Waals surface area contributed by atoms with Gasteiger partial charge in [-0.2, -0.15) is 0 Å². The Bertz CT molecular complexity index is 755. The molecule has 0 radical (unpaired) electrons. The van der Waals surface area contributed by atoms with Crippen LogP contribution < -0.4 is 38.9 Å². The minimum absolute atomic E-state index is 0.0235. The van der Waals surface area contributed by atoms with Gasteiger partial charge in [-0.1, -0.05) is 13.8 Å². The highest BCUT2D eigenvalue weighted by Crippen LogP contribution is 2.08. The molecular formula is C19H36N8O7. The molecule has 0 saturated carbocycles. The Labute approximate surface area is 197 Å². The van der Waals surface area contributed by atoms with Crippen LogP contribution in [0.1, 0.15) is 39.5 Å². The second-order valence-corrected chi connectivity index (χ2v) is 8.06. The first kappa shape index (κ1) is 30.5. The summed E-state index contributed by atoms with van der Waals surface area (Å²) in [6.45, 7) is 2.87. The van der Waals surface area contributed by atoms with Gasteiger partial charge in [-0.15, -0.1) is 0 Å². The van der Waals surface area contributed by atoms with Crippen molar-refractivity contribution in [1.29, 1.82) is 0 Å². The van der Waals surface area contributed by atoms with Crippen molar-refractivity contribution in [3.63, 3.8) is 0 Å². The monoisotopic (exact) mass is 488 g/mol. The summed E-state index contributed by atoms with van der Waals surface area (Å²) in [6, 6.07) is -5.17. The zero-order chi connectivity index (χ0) is 26.4. The van der Waals surface area contributed by atoms with Crippen LogP contribution in [0.5, 0.6) is 0 Å². The number of aliphatic carboxylic acids is 1. The van der Waals surface area contributed by atoms with E-state index in [2.05, 4.69) is 20.9 Å². The topological polar surface area (TPSA) is 278 Å². The molecule has 15 heteroatoms. The number of carboxylic acid groups (broad SMARTS) is 1. The van der Waals surface area contributed by atoms with Crippen LogP contribution in [0.15, 0.2) is 4.99 Å². The van der Waals surface area contributed by atoms with Crippen LogP contribution in [0.4, 0.5) is 0 Å². The van der Waals surface area contributed by atoms with E-state index in [0.717, 1.165) is 0 Å². The maximum atomic E-state index is 12.9. The number of aliphatic hydroxyl groups excluding tert-OH is 1. The smallest absolute Gasteiger partial charge is 0.328 e. The van der Waals surface area contributed by atoms with Crippen LogP contribution in [0.3, 0.4) is 0 Å². The summed E-state index contributed by atoms with van der Waals surface area (Å²) in [4.78, 5) is 63.8. The van der Waals surface area contributed by atoms with Gasteiger partial charge < -0.3 is 49.1 Å². The number of guanidine groups is 1. The quantitative estimate of drug-likeness (QED) is 0.0573. The van der Waals surface area contributed by atoms with Crippen LogP contribution in [0, 0.1) is 5.92 Å². The van der Waals surface area contributed by atoms with Crippen molar-refractivity contribution >= 4 is 35.6 Å². The molecule has 0 rings (SSSR count). The van der Waals surface area contributed by atoms with Crippen molar-refractivity contribution in [1.82, 2.24) is 16.0 Å². The third-order valence-corrected chi connectivity index (χ3v) is 4.47. The molecule has 0 aliphatic carbocycles. The van der Waals surface area contributed by atoms with Crippen LogP contribution in [0.25, 0.3) is 0 Å². The molecule has 0 aliphatic heterocycles. The fourth-order valence-electron chi connectivity index (χ4n) is 2.79. The molecule has 194 valence electrons. The van der Waals surface area contributed by atoms with Crippen molar-refractivity contribution in [2.45, 2.75) is 63.7 Å². The van der Waals surface area contributed by atoms with Gasteiger partial charge in [-0.05, 0) is 25.2 Å². The number of hydrogen-bond donors (Lipinski definition) is 9. The molecule has 0 aliphatic rings. The number of aliphatic imine (C=N–C) groups is 1. The predicted octanol–water partition coefficient (Wildman–Crippen LogP) is -4.18. The first-order valence-corrected chi connectivity index (χ1v) is 10.6. The Hall–Kier alpha value is -3.46. The lowest BCUT2D eigenvalue weighted by Crippen LogP contribution is -2.57. The fraction of sp³-hybridized carbons (Fsp3) is 0.684. The van der Waals surface area contributed by atoms with Crippen LogP contribution in [0.2, 0.25) is 0 Å². The van der Waals surface area contributed by atoms with E-state index in [1.807, 2.05) is 0 Å². The van der Waals surface area contributed by atoms with Crippen molar-refractivity contribution in [2.75, 3.05) is 13.2 Å². The summed E-state index contributed by atoms with van der Waals surface area (Å²) in [6.07, 6.45) is 0.0283. The number of nitrogens with two attached hydrogens (primary N) is 4. The molecule has 0 fully saturated rings. The average molecular weight is 489 g/mol. The molecule has 15 nitrogen and oxygen atoms in total. The first-order valence-electron chi connectivity index (χ1n) is 10.6. The molecule has 0 heterocycles. The van der Waals surface area contributed by atoms with Crippen molar-refractivity contribution in [3.05, 3.63) is 0 Å². The molecule has 0 aromatic rings. The van der Waals surface area contributed by atoms with Crippen LogP contribution in [-0.2, 0) is 24.0 Å². The second kappa shape index (κ2) is 15.4. The highest BCUT2D eigenvalue weighted by molar-refractivity contribution is 5.95. The van der Waals surface area contributed by atoms with E-state index in [1.54, 1.807) is 13.8 Å². The molecule has 4 atom stereocenters. The number of amides is 4. The van der Waals surface area contributed by atoms with Crippen molar-refractivity contribution in [3.8, 4) is 0 Å². The molecule has 13 N–H and O–H groups in total. The summed E-state index contributed by atoms with van der Waals surface area (Å²) in [5, 5.41) is 25.3. The lowest BCUT2D eigenvalue weighted by Gasteiger charge is -2.25. The van der Waals surface area contributed by atoms with Gasteiger partial charge in [0.1, 0.15) is 18.1 Å². The third kappa shape index (κ3) is 12.5. The lowest BCUT2D eigenvalue weighted by molar-refractivity contribution is -0.143. The Kier molecular flexibility index (Phi) is 13.8. The number of nitrogens with one attached hydrogen (secondary N) is 3. The van der Waals surface area contributed by atoms with Gasteiger partial charge in [0.2, 0.25) is 23.6 Å². The number of primary amides is 1. The number of nitrogens with zero attached hydrogens (tertiary/aromatic N) is 1. The lowest BCUT2D eigenvalue weighted by atomic mass is 10.0. The van der Waals surface area contributed by atoms with Gasteiger partial charge in [-0.3, -0.25) is 24.2 Å². The Morgan fingerprint density at radius 2 is 1.41 bits per heavy atom. The fourth-order valence-corrected chi connectivity index (χ4v) is 2.79. The summed E-state index contributed by atoms with van der Waals surface area (Å²) in [7, 11) is 0. The first-order chi connectivity index (χ1) is 15.8. The molecule has 0 aromatic carbocycles. The van der Waals surface area contributed by atoms with Crippen LogP contribution >= 0.6 is 0 Å². The summed E-state index contributed by atoms with van der Waals surface area (Å²) in [5.41, 5.74) is 21.2. The van der Waals surface area contributed by atoms with Crippen molar-refractivity contribution in [2.24, 2.45) is 33.8 Å². The Morgan fingerprint density at radius 1 is 0.882 bits per heavy atom. The van der Waals surface area contributed by atoms with E-state index in [9.17, 15) is 24.0 Å². The van der Waals surface area contributed by atoms with Gasteiger partial charge in [-0.25, -0.2) is 4.79 Å². The van der Waals surface area contributed by atoms with E-state index in [4.69, 9.17) is 33.1 Å².